The molecule has 174 valence electrons. The van der Waals surface area contributed by atoms with E-state index in [-0.39, 0.29) is 16.7 Å². The van der Waals surface area contributed by atoms with Gasteiger partial charge in [0.05, 0.1) is 11.6 Å². The molecule has 1 unspecified atom stereocenters. The highest BCUT2D eigenvalue weighted by atomic mass is 16.5. The van der Waals surface area contributed by atoms with E-state index in [1.807, 2.05) is 12.1 Å². The Bertz CT molecular complexity index is 968. The third-order valence-electron chi connectivity index (χ3n) is 6.09. The van der Waals surface area contributed by atoms with Gasteiger partial charge < -0.3 is 10.5 Å². The molecular weight excluding hydrogens is 392 g/mol. The third-order valence-corrected chi connectivity index (χ3v) is 6.09. The fourth-order valence-electron chi connectivity index (χ4n) is 4.51. The summed E-state index contributed by atoms with van der Waals surface area (Å²) in [6.45, 7) is 21.1. The molecule has 0 aliphatic rings. The monoisotopic (exact) mass is 434 g/mol. The summed E-state index contributed by atoms with van der Waals surface area (Å²) in [5, 5.41) is 9.85. The second-order valence-corrected chi connectivity index (χ2v) is 11.3. The third kappa shape index (κ3) is 5.93. The summed E-state index contributed by atoms with van der Waals surface area (Å²) in [4.78, 5) is 0. The van der Waals surface area contributed by atoms with Gasteiger partial charge in [0.15, 0.2) is 0 Å². The smallest absolute Gasteiger partial charge is 0.122 e. The summed E-state index contributed by atoms with van der Waals surface area (Å²) < 4.78 is 6.15. The number of nitrogens with zero attached hydrogens (tertiary/aromatic N) is 1. The summed E-state index contributed by atoms with van der Waals surface area (Å²) in [5.74, 6) is 1.51. The first kappa shape index (κ1) is 25.9. The summed E-state index contributed by atoms with van der Waals surface area (Å²) in [5.41, 5.74) is 12.8. The highest BCUT2D eigenvalue weighted by Crippen LogP contribution is 2.39. The molecule has 0 fully saturated rings. The van der Waals surface area contributed by atoms with E-state index in [0.717, 1.165) is 23.3 Å². The number of rotatable bonds is 7. The second kappa shape index (κ2) is 10.1. The van der Waals surface area contributed by atoms with Gasteiger partial charge in [0.25, 0.3) is 0 Å². The SMILES string of the molecule is CC(C)c1cc(OCCN)c(CC(C)c2c(C#N)cccc2C(C)(C)C)cc1C(C)(C)C. The molecule has 0 saturated heterocycles. The van der Waals surface area contributed by atoms with Gasteiger partial charge in [-0.3, -0.25) is 0 Å². The van der Waals surface area contributed by atoms with Crippen LogP contribution in [0.15, 0.2) is 30.3 Å². The van der Waals surface area contributed by atoms with Gasteiger partial charge in [0.2, 0.25) is 0 Å². The van der Waals surface area contributed by atoms with E-state index in [4.69, 9.17) is 10.5 Å². The van der Waals surface area contributed by atoms with Crippen molar-refractivity contribution in [3.05, 3.63) is 63.7 Å². The van der Waals surface area contributed by atoms with Gasteiger partial charge in [-0.15, -0.1) is 0 Å². The quantitative estimate of drug-likeness (QED) is 0.512. The first-order chi connectivity index (χ1) is 14.8. The van der Waals surface area contributed by atoms with E-state index in [0.29, 0.717) is 19.1 Å². The molecule has 3 nitrogen and oxygen atoms in total. The lowest BCUT2D eigenvalue weighted by atomic mass is 9.76. The fourth-order valence-corrected chi connectivity index (χ4v) is 4.51. The normalized spacial score (nSPS) is 13.2. The van der Waals surface area contributed by atoms with Crippen molar-refractivity contribution >= 4 is 0 Å². The van der Waals surface area contributed by atoms with Crippen LogP contribution >= 0.6 is 0 Å². The molecule has 2 aromatic rings. The Morgan fingerprint density at radius 2 is 1.59 bits per heavy atom. The number of nitrogens with two attached hydrogens (primary N) is 1. The van der Waals surface area contributed by atoms with E-state index in [1.54, 1.807) is 0 Å². The topological polar surface area (TPSA) is 59.0 Å². The molecule has 0 aliphatic carbocycles. The lowest BCUT2D eigenvalue weighted by Gasteiger charge is -2.29. The Morgan fingerprint density at radius 1 is 0.969 bits per heavy atom. The number of hydrogen-bond donors (Lipinski definition) is 1. The molecule has 2 N–H and O–H groups in total. The molecule has 2 aromatic carbocycles. The van der Waals surface area contributed by atoms with Crippen LogP contribution in [0.1, 0.15) is 108 Å². The van der Waals surface area contributed by atoms with Crippen molar-refractivity contribution in [3.8, 4) is 11.8 Å². The lowest BCUT2D eigenvalue weighted by molar-refractivity contribution is 0.323. The number of nitriles is 1. The molecule has 3 heteroatoms. The number of benzene rings is 2. The summed E-state index contributed by atoms with van der Waals surface area (Å²) >= 11 is 0. The number of hydrogen-bond acceptors (Lipinski definition) is 3. The van der Waals surface area contributed by atoms with E-state index >= 15 is 0 Å². The van der Waals surface area contributed by atoms with Gasteiger partial charge in [-0.2, -0.15) is 5.26 Å². The van der Waals surface area contributed by atoms with Crippen LogP contribution in [0.5, 0.6) is 5.75 Å². The maximum Gasteiger partial charge on any atom is 0.122 e. The molecular formula is C29H42N2O. The van der Waals surface area contributed by atoms with Crippen LogP contribution in [0, 0.1) is 11.3 Å². The van der Waals surface area contributed by atoms with Crippen LogP contribution in [0.2, 0.25) is 0 Å². The molecule has 0 heterocycles. The highest BCUT2D eigenvalue weighted by Gasteiger charge is 2.26. The van der Waals surface area contributed by atoms with Crippen molar-refractivity contribution in [1.82, 2.24) is 0 Å². The molecule has 0 amide bonds. The Morgan fingerprint density at radius 3 is 2.09 bits per heavy atom. The van der Waals surface area contributed by atoms with Crippen LogP contribution in [0.4, 0.5) is 0 Å². The maximum atomic E-state index is 9.85. The van der Waals surface area contributed by atoms with E-state index < -0.39 is 0 Å². The van der Waals surface area contributed by atoms with Gasteiger partial charge in [-0.05, 0) is 69.0 Å². The zero-order chi connectivity index (χ0) is 24.3. The van der Waals surface area contributed by atoms with Gasteiger partial charge in [0.1, 0.15) is 12.4 Å². The minimum absolute atomic E-state index is 0.0329. The molecule has 0 aliphatic heterocycles. The molecule has 2 rings (SSSR count). The van der Waals surface area contributed by atoms with Crippen molar-refractivity contribution in [2.75, 3.05) is 13.2 Å². The molecule has 1 atom stereocenters. The maximum absolute atomic E-state index is 9.85. The average molecular weight is 435 g/mol. The molecule has 0 radical (unpaired) electrons. The lowest BCUT2D eigenvalue weighted by Crippen LogP contribution is -2.19. The predicted molar refractivity (Wildman–Crippen MR) is 136 cm³/mol. The Hall–Kier alpha value is -2.31. The molecule has 0 spiro atoms. The Kier molecular flexibility index (Phi) is 8.18. The first-order valence-electron chi connectivity index (χ1n) is 11.8. The van der Waals surface area contributed by atoms with Crippen molar-refractivity contribution in [2.24, 2.45) is 5.73 Å². The summed E-state index contributed by atoms with van der Waals surface area (Å²) in [6, 6.07) is 13.1. The van der Waals surface area contributed by atoms with E-state index in [1.165, 1.54) is 22.3 Å². The zero-order valence-corrected chi connectivity index (χ0v) is 21.6. The fraction of sp³-hybridized carbons (Fsp3) is 0.552. The van der Waals surface area contributed by atoms with Crippen LogP contribution in [0.25, 0.3) is 0 Å². The second-order valence-electron chi connectivity index (χ2n) is 11.3. The zero-order valence-electron chi connectivity index (χ0n) is 21.6. The summed E-state index contributed by atoms with van der Waals surface area (Å²) in [6.07, 6.45) is 0.809. The first-order valence-corrected chi connectivity index (χ1v) is 11.8. The minimum atomic E-state index is -0.0343. The molecule has 0 bridgehead atoms. The van der Waals surface area contributed by atoms with Gasteiger partial charge in [-0.25, -0.2) is 0 Å². The molecule has 0 saturated carbocycles. The predicted octanol–water partition coefficient (Wildman–Crippen LogP) is 6.96. The van der Waals surface area contributed by atoms with Crippen LogP contribution in [0.3, 0.4) is 0 Å². The van der Waals surface area contributed by atoms with Crippen LogP contribution in [-0.4, -0.2) is 13.2 Å². The van der Waals surface area contributed by atoms with Crippen LogP contribution < -0.4 is 10.5 Å². The Labute approximate surface area is 196 Å². The van der Waals surface area contributed by atoms with Crippen molar-refractivity contribution < 1.29 is 4.74 Å². The van der Waals surface area contributed by atoms with Gasteiger partial charge in [0, 0.05) is 6.54 Å². The van der Waals surface area contributed by atoms with Gasteiger partial charge >= 0.3 is 0 Å². The van der Waals surface area contributed by atoms with Crippen LogP contribution in [-0.2, 0) is 17.3 Å². The minimum Gasteiger partial charge on any atom is -0.492 e. The largest absolute Gasteiger partial charge is 0.492 e. The van der Waals surface area contributed by atoms with Gasteiger partial charge in [-0.1, -0.05) is 80.5 Å². The van der Waals surface area contributed by atoms with Crippen molar-refractivity contribution in [1.29, 1.82) is 5.26 Å². The summed E-state index contributed by atoms with van der Waals surface area (Å²) in [7, 11) is 0. The average Bonchev–Trinajstić information content (AvgIpc) is 2.70. The standard InChI is InChI=1S/C29H42N2O/c1-19(2)23-17-26(32-14-13-30)22(16-25(23)29(7,8)9)15-20(3)27-21(18-31)11-10-12-24(27)28(4,5)6/h10-12,16-17,19-20H,13-15,30H2,1-9H3. The number of ether oxygens (including phenoxy) is 1. The van der Waals surface area contributed by atoms with E-state index in [9.17, 15) is 5.26 Å². The molecule has 32 heavy (non-hydrogen) atoms. The highest BCUT2D eigenvalue weighted by molar-refractivity contribution is 5.51. The van der Waals surface area contributed by atoms with E-state index in [2.05, 4.69) is 86.6 Å². The molecule has 0 aromatic heterocycles. The van der Waals surface area contributed by atoms with Crippen molar-refractivity contribution in [2.45, 2.75) is 91.4 Å². The van der Waals surface area contributed by atoms with Crippen molar-refractivity contribution in [3.63, 3.8) is 0 Å². The Balaban J connectivity index is 2.65.